The van der Waals surface area contributed by atoms with Crippen LogP contribution >= 0.6 is 0 Å². The number of nitrogens with one attached hydrogen (secondary N) is 3. The summed E-state index contributed by atoms with van der Waals surface area (Å²) in [6, 6.07) is 12.4. The Morgan fingerprint density at radius 1 is 1.06 bits per heavy atom. The van der Waals surface area contributed by atoms with E-state index in [9.17, 15) is 19.2 Å². The van der Waals surface area contributed by atoms with Gasteiger partial charge in [-0.25, -0.2) is 0 Å². The lowest BCUT2D eigenvalue weighted by atomic mass is 9.76. The second-order valence-corrected chi connectivity index (χ2v) is 12.0. The van der Waals surface area contributed by atoms with Gasteiger partial charge < -0.3 is 29.7 Å². The van der Waals surface area contributed by atoms with E-state index in [1.165, 1.54) is 7.11 Å². The van der Waals surface area contributed by atoms with E-state index in [1.807, 2.05) is 12.1 Å². The van der Waals surface area contributed by atoms with Gasteiger partial charge >= 0.3 is 5.97 Å². The first-order chi connectivity index (χ1) is 22.8. The summed E-state index contributed by atoms with van der Waals surface area (Å²) in [5, 5.41) is 12.8. The van der Waals surface area contributed by atoms with Gasteiger partial charge in [0.15, 0.2) is 18.1 Å². The number of hydrogen-bond donors (Lipinski definition) is 3. The van der Waals surface area contributed by atoms with Crippen LogP contribution in [0.3, 0.4) is 0 Å². The van der Waals surface area contributed by atoms with Crippen LogP contribution in [-0.2, 0) is 25.5 Å². The van der Waals surface area contributed by atoms with Crippen molar-refractivity contribution in [1.82, 2.24) is 30.7 Å². The fraction of sp³-hybridized carbons (Fsp3) is 0.471. The Hall–Kier alpha value is -4.94. The lowest BCUT2D eigenvalue weighted by Crippen LogP contribution is -2.46. The van der Waals surface area contributed by atoms with Gasteiger partial charge in [0.05, 0.1) is 24.8 Å². The topological polar surface area (TPSA) is 165 Å². The Labute approximate surface area is 273 Å². The largest absolute Gasteiger partial charge is 0.493 e. The first-order valence-electron chi connectivity index (χ1n) is 16.1. The van der Waals surface area contributed by atoms with E-state index in [2.05, 4.69) is 25.8 Å². The lowest BCUT2D eigenvalue weighted by Gasteiger charge is -2.32. The average molecular weight is 647 g/mol. The Bertz CT molecular complexity index is 1560. The standard InChI is InChI=1S/C34H42N6O7/c1-3-46-33(44)34(19-23-9-10-23)20-24-11-12-28(45-2)29(17-24)47-21-31(42)36-14-16-40(15-6-8-30(41)37-22-34)32(43)27-18-26(38-39-27)25-7-4-5-13-35-25/h4-5,7,11-13,17-18,23H,3,6,8-10,14-16,19-22H2,1-2H3,(H,36,42)(H,37,41)(H,38,39). The Morgan fingerprint density at radius 2 is 1.91 bits per heavy atom. The number of esters is 1. The normalized spacial score (nSPS) is 19.7. The van der Waals surface area contributed by atoms with E-state index < -0.39 is 5.41 Å². The molecular formula is C34H42N6O7. The summed E-state index contributed by atoms with van der Waals surface area (Å²) < 4.78 is 16.9. The minimum Gasteiger partial charge on any atom is -0.493 e. The van der Waals surface area contributed by atoms with Crippen LogP contribution in [-0.4, -0.2) is 90.3 Å². The number of ether oxygens (including phenoxy) is 3. The summed E-state index contributed by atoms with van der Waals surface area (Å²) in [4.78, 5) is 59.0. The quantitative estimate of drug-likeness (QED) is 0.328. The number of nitrogens with zero attached hydrogens (tertiary/aromatic N) is 3. The molecule has 5 rings (SSSR count). The van der Waals surface area contributed by atoms with Crippen LogP contribution in [0.2, 0.25) is 0 Å². The molecule has 3 amide bonds. The first-order valence-corrected chi connectivity index (χ1v) is 16.1. The molecule has 0 saturated heterocycles. The highest BCUT2D eigenvalue weighted by atomic mass is 16.5. The number of aromatic nitrogens is 3. The Morgan fingerprint density at radius 3 is 2.66 bits per heavy atom. The van der Waals surface area contributed by atoms with Crippen molar-refractivity contribution in [3.63, 3.8) is 0 Å². The number of aromatic amines is 1. The molecule has 47 heavy (non-hydrogen) atoms. The number of carbonyl (C=O) groups is 4. The summed E-state index contributed by atoms with van der Waals surface area (Å²) >= 11 is 0. The predicted octanol–water partition coefficient (Wildman–Crippen LogP) is 2.92. The Balaban J connectivity index is 1.37. The van der Waals surface area contributed by atoms with Gasteiger partial charge in [-0.3, -0.25) is 29.3 Å². The predicted molar refractivity (Wildman–Crippen MR) is 172 cm³/mol. The van der Waals surface area contributed by atoms with E-state index in [0.717, 1.165) is 18.4 Å². The number of fused-ring (bicyclic) bond motifs is 2. The van der Waals surface area contributed by atoms with Gasteiger partial charge in [0.2, 0.25) is 5.91 Å². The zero-order chi connectivity index (χ0) is 33.2. The van der Waals surface area contributed by atoms with Crippen LogP contribution < -0.4 is 20.1 Å². The van der Waals surface area contributed by atoms with E-state index in [0.29, 0.717) is 48.1 Å². The summed E-state index contributed by atoms with van der Waals surface area (Å²) in [7, 11) is 1.51. The van der Waals surface area contributed by atoms with Crippen molar-refractivity contribution in [3.05, 3.63) is 59.9 Å². The molecule has 13 heteroatoms. The van der Waals surface area contributed by atoms with Gasteiger partial charge in [-0.2, -0.15) is 5.10 Å². The number of methoxy groups -OCH3 is 1. The van der Waals surface area contributed by atoms with Crippen LogP contribution in [0.5, 0.6) is 11.5 Å². The number of amides is 3. The molecule has 250 valence electrons. The van der Waals surface area contributed by atoms with Crippen molar-refractivity contribution in [1.29, 1.82) is 0 Å². The third-order valence-corrected chi connectivity index (χ3v) is 8.40. The average Bonchev–Trinajstić information content (AvgIpc) is 3.75. The highest BCUT2D eigenvalue weighted by Gasteiger charge is 2.45. The molecule has 1 aromatic carbocycles. The molecule has 1 saturated carbocycles. The van der Waals surface area contributed by atoms with Gasteiger partial charge in [0.25, 0.3) is 11.8 Å². The summed E-state index contributed by atoms with van der Waals surface area (Å²) in [5.41, 5.74) is 1.21. The van der Waals surface area contributed by atoms with Crippen molar-refractivity contribution in [2.24, 2.45) is 11.3 Å². The van der Waals surface area contributed by atoms with Crippen molar-refractivity contribution in [3.8, 4) is 22.9 Å². The summed E-state index contributed by atoms with van der Waals surface area (Å²) in [6.45, 7) is 2.43. The van der Waals surface area contributed by atoms with Crippen LogP contribution in [0, 0.1) is 11.3 Å². The molecule has 0 radical (unpaired) electrons. The molecule has 1 atom stereocenters. The fourth-order valence-corrected chi connectivity index (χ4v) is 5.80. The maximum Gasteiger partial charge on any atom is 0.314 e. The number of benzene rings is 1. The number of rotatable bonds is 7. The van der Waals surface area contributed by atoms with E-state index in [4.69, 9.17) is 14.2 Å². The van der Waals surface area contributed by atoms with Gasteiger partial charge in [0.1, 0.15) is 11.4 Å². The third kappa shape index (κ3) is 8.87. The zero-order valence-electron chi connectivity index (χ0n) is 26.9. The van der Waals surface area contributed by atoms with Gasteiger partial charge in [0, 0.05) is 38.8 Å². The van der Waals surface area contributed by atoms with Gasteiger partial charge in [-0.1, -0.05) is 25.0 Å². The number of H-pyrrole nitrogens is 1. The second-order valence-electron chi connectivity index (χ2n) is 12.0. The van der Waals surface area contributed by atoms with Gasteiger partial charge in [-0.05, 0) is 68.0 Å². The van der Waals surface area contributed by atoms with Crippen molar-refractivity contribution in [2.75, 3.05) is 46.5 Å². The second kappa shape index (κ2) is 15.6. The zero-order valence-corrected chi connectivity index (χ0v) is 26.9. The van der Waals surface area contributed by atoms with Crippen molar-refractivity contribution in [2.45, 2.75) is 45.4 Å². The van der Waals surface area contributed by atoms with Crippen LogP contribution in [0.1, 0.15) is 55.1 Å². The van der Waals surface area contributed by atoms with Crippen LogP contribution in [0.4, 0.5) is 0 Å². The van der Waals surface area contributed by atoms with E-state index in [1.54, 1.807) is 48.4 Å². The molecule has 1 fully saturated rings. The molecule has 13 nitrogen and oxygen atoms in total. The van der Waals surface area contributed by atoms with Crippen molar-refractivity contribution < 1.29 is 33.4 Å². The molecule has 3 heterocycles. The lowest BCUT2D eigenvalue weighted by molar-refractivity contribution is -0.156. The monoisotopic (exact) mass is 646 g/mol. The molecule has 2 bridgehead atoms. The minimum absolute atomic E-state index is 0.110. The maximum atomic E-state index is 13.6. The number of hydrogen-bond acceptors (Lipinski definition) is 9. The van der Waals surface area contributed by atoms with E-state index in [-0.39, 0.29) is 75.2 Å². The molecule has 1 aliphatic carbocycles. The Kier molecular flexibility index (Phi) is 11.1. The summed E-state index contributed by atoms with van der Waals surface area (Å²) in [5.74, 6) is -0.128. The minimum atomic E-state index is -0.991. The molecule has 3 aromatic rings. The molecule has 2 aliphatic rings. The number of carbonyl (C=O) groups excluding carboxylic acids is 4. The SMILES string of the molecule is CCOC(=O)C1(CC2CC2)CNC(=O)CCCN(C(=O)c2cc(-c3ccccn3)n[nH]2)CCNC(=O)COc2cc(ccc2OC)C1. The molecule has 1 aliphatic heterocycles. The fourth-order valence-electron chi connectivity index (χ4n) is 5.80. The molecular weight excluding hydrogens is 604 g/mol. The van der Waals surface area contributed by atoms with Crippen LogP contribution in [0.15, 0.2) is 48.7 Å². The highest BCUT2D eigenvalue weighted by Crippen LogP contribution is 2.43. The molecule has 3 N–H and O–H groups in total. The molecule has 0 spiro atoms. The smallest absolute Gasteiger partial charge is 0.314 e. The van der Waals surface area contributed by atoms with Gasteiger partial charge in [-0.15, -0.1) is 0 Å². The summed E-state index contributed by atoms with van der Waals surface area (Å²) in [6.07, 6.45) is 5.07. The highest BCUT2D eigenvalue weighted by molar-refractivity contribution is 5.93. The van der Waals surface area contributed by atoms with Crippen molar-refractivity contribution >= 4 is 23.7 Å². The first kappa shape index (κ1) is 33.4. The number of pyridine rings is 1. The third-order valence-electron chi connectivity index (χ3n) is 8.40. The molecule has 1 unspecified atom stereocenters. The molecule has 2 aromatic heterocycles. The maximum absolute atomic E-state index is 13.6. The van der Waals surface area contributed by atoms with E-state index >= 15 is 0 Å². The van der Waals surface area contributed by atoms with Crippen LogP contribution in [0.25, 0.3) is 11.4 Å².